The van der Waals surface area contributed by atoms with Crippen molar-refractivity contribution < 1.29 is 9.53 Å². The first kappa shape index (κ1) is 13.4. The molecule has 1 unspecified atom stereocenters. The Morgan fingerprint density at radius 1 is 1.16 bits per heavy atom. The molecule has 2 N–H and O–H groups in total. The number of Topliss-reactive ketones (excluding diaryl/α,β-unsaturated/α-hetero) is 1. The number of halogens is 1. The smallest absolute Gasteiger partial charge is 0.202 e. The van der Waals surface area contributed by atoms with Crippen molar-refractivity contribution in [2.24, 2.45) is 0 Å². The molecule has 0 aliphatic rings. The molecule has 98 valence electrons. The first-order chi connectivity index (χ1) is 9.08. The van der Waals surface area contributed by atoms with Crippen molar-refractivity contribution in [1.82, 2.24) is 0 Å². The lowest BCUT2D eigenvalue weighted by Gasteiger charge is -2.15. The van der Waals surface area contributed by atoms with Gasteiger partial charge in [0.15, 0.2) is 6.10 Å². The van der Waals surface area contributed by atoms with Crippen molar-refractivity contribution in [3.05, 3.63) is 59.1 Å². The highest BCUT2D eigenvalue weighted by atomic mass is 35.5. The van der Waals surface area contributed by atoms with Gasteiger partial charge in [-0.05, 0) is 43.3 Å². The van der Waals surface area contributed by atoms with Crippen LogP contribution < -0.4 is 10.5 Å². The monoisotopic (exact) mass is 275 g/mol. The zero-order valence-electron chi connectivity index (χ0n) is 10.5. The van der Waals surface area contributed by atoms with E-state index in [1.54, 1.807) is 43.3 Å². The number of ketones is 1. The van der Waals surface area contributed by atoms with Crippen LogP contribution >= 0.6 is 11.6 Å². The van der Waals surface area contributed by atoms with E-state index in [-0.39, 0.29) is 5.78 Å². The Labute approximate surface area is 117 Å². The predicted octanol–water partition coefficient (Wildman–Crippen LogP) is 3.57. The maximum atomic E-state index is 12.2. The number of nitrogen functional groups attached to an aromatic ring is 1. The fourth-order valence-electron chi connectivity index (χ4n) is 1.68. The first-order valence-electron chi connectivity index (χ1n) is 5.89. The third-order valence-corrected chi connectivity index (χ3v) is 2.97. The molecule has 0 bridgehead atoms. The van der Waals surface area contributed by atoms with Gasteiger partial charge in [-0.15, -0.1) is 0 Å². The maximum absolute atomic E-state index is 12.2. The predicted molar refractivity (Wildman–Crippen MR) is 76.7 cm³/mol. The van der Waals surface area contributed by atoms with Crippen molar-refractivity contribution in [3.8, 4) is 5.75 Å². The molecule has 0 spiro atoms. The summed E-state index contributed by atoms with van der Waals surface area (Å²) in [6.45, 7) is 1.70. The molecule has 19 heavy (non-hydrogen) atoms. The molecule has 0 saturated heterocycles. The Kier molecular flexibility index (Phi) is 4.07. The Morgan fingerprint density at radius 2 is 1.79 bits per heavy atom. The SMILES string of the molecule is CC(Oc1ccccc1N)C(=O)c1ccc(Cl)cc1. The summed E-state index contributed by atoms with van der Waals surface area (Å²) in [6, 6.07) is 13.8. The van der Waals surface area contributed by atoms with E-state index in [9.17, 15) is 4.79 Å². The molecule has 2 aromatic rings. The summed E-state index contributed by atoms with van der Waals surface area (Å²) in [5.41, 5.74) is 6.85. The molecule has 0 aliphatic carbocycles. The summed E-state index contributed by atoms with van der Waals surface area (Å²) in [6.07, 6.45) is -0.606. The molecule has 3 nitrogen and oxygen atoms in total. The number of hydrogen-bond donors (Lipinski definition) is 1. The molecular formula is C15H14ClNO2. The van der Waals surface area contributed by atoms with Crippen LogP contribution in [0.4, 0.5) is 5.69 Å². The highest BCUT2D eigenvalue weighted by Gasteiger charge is 2.17. The Morgan fingerprint density at radius 3 is 2.42 bits per heavy atom. The van der Waals surface area contributed by atoms with Crippen molar-refractivity contribution in [1.29, 1.82) is 0 Å². The van der Waals surface area contributed by atoms with E-state index in [2.05, 4.69) is 0 Å². The van der Waals surface area contributed by atoms with Gasteiger partial charge in [0.05, 0.1) is 5.69 Å². The van der Waals surface area contributed by atoms with Crippen molar-refractivity contribution in [3.63, 3.8) is 0 Å². The number of hydrogen-bond acceptors (Lipinski definition) is 3. The highest BCUT2D eigenvalue weighted by molar-refractivity contribution is 6.30. The van der Waals surface area contributed by atoms with Crippen LogP contribution in [0.2, 0.25) is 5.02 Å². The summed E-state index contributed by atoms with van der Waals surface area (Å²) in [5, 5.41) is 0.595. The normalized spacial score (nSPS) is 11.9. The molecule has 2 rings (SSSR count). The number of carbonyl (C=O) groups is 1. The zero-order chi connectivity index (χ0) is 13.8. The number of carbonyl (C=O) groups excluding carboxylic acids is 1. The topological polar surface area (TPSA) is 52.3 Å². The largest absolute Gasteiger partial charge is 0.480 e. The number of ether oxygens (including phenoxy) is 1. The van der Waals surface area contributed by atoms with Crippen LogP contribution in [0, 0.1) is 0 Å². The molecule has 0 aromatic heterocycles. The Hall–Kier alpha value is -2.00. The highest BCUT2D eigenvalue weighted by Crippen LogP contribution is 2.22. The minimum Gasteiger partial charge on any atom is -0.480 e. The summed E-state index contributed by atoms with van der Waals surface area (Å²) in [7, 11) is 0. The number of rotatable bonds is 4. The summed E-state index contributed by atoms with van der Waals surface area (Å²) < 4.78 is 5.58. The van der Waals surface area contributed by atoms with Gasteiger partial charge in [-0.3, -0.25) is 4.79 Å². The van der Waals surface area contributed by atoms with Crippen LogP contribution in [0.1, 0.15) is 17.3 Å². The summed E-state index contributed by atoms with van der Waals surface area (Å²) in [4.78, 5) is 12.2. The van der Waals surface area contributed by atoms with Crippen LogP contribution in [-0.4, -0.2) is 11.9 Å². The second kappa shape index (κ2) is 5.76. The molecule has 0 aliphatic heterocycles. The van der Waals surface area contributed by atoms with Crippen LogP contribution in [0.3, 0.4) is 0 Å². The quantitative estimate of drug-likeness (QED) is 0.685. The minimum atomic E-state index is -0.606. The van der Waals surface area contributed by atoms with Crippen molar-refractivity contribution >= 4 is 23.1 Å². The van der Waals surface area contributed by atoms with E-state index in [1.165, 1.54) is 0 Å². The van der Waals surface area contributed by atoms with Gasteiger partial charge in [-0.1, -0.05) is 23.7 Å². The van der Waals surface area contributed by atoms with Crippen LogP contribution in [-0.2, 0) is 0 Å². The van der Waals surface area contributed by atoms with Gasteiger partial charge in [0.2, 0.25) is 5.78 Å². The lowest BCUT2D eigenvalue weighted by Crippen LogP contribution is -2.24. The standard InChI is InChI=1S/C15H14ClNO2/c1-10(19-14-5-3-2-4-13(14)17)15(18)11-6-8-12(16)9-7-11/h2-10H,17H2,1H3. The Balaban J connectivity index is 2.12. The second-order valence-electron chi connectivity index (χ2n) is 4.17. The number of para-hydroxylation sites is 2. The number of benzene rings is 2. The van der Waals surface area contributed by atoms with Gasteiger partial charge >= 0.3 is 0 Å². The van der Waals surface area contributed by atoms with Gasteiger partial charge in [-0.25, -0.2) is 0 Å². The molecular weight excluding hydrogens is 262 g/mol. The second-order valence-corrected chi connectivity index (χ2v) is 4.61. The van der Waals surface area contributed by atoms with Gasteiger partial charge < -0.3 is 10.5 Å². The van der Waals surface area contributed by atoms with E-state index in [0.717, 1.165) is 0 Å². The molecule has 2 aromatic carbocycles. The Bertz CT molecular complexity index is 581. The van der Waals surface area contributed by atoms with Crippen LogP contribution in [0.25, 0.3) is 0 Å². The fourth-order valence-corrected chi connectivity index (χ4v) is 1.81. The lowest BCUT2D eigenvalue weighted by atomic mass is 10.1. The van der Waals surface area contributed by atoms with E-state index in [4.69, 9.17) is 22.1 Å². The molecule has 0 fully saturated rings. The third-order valence-electron chi connectivity index (χ3n) is 2.72. The van der Waals surface area contributed by atoms with E-state index >= 15 is 0 Å². The molecule has 0 heterocycles. The first-order valence-corrected chi connectivity index (χ1v) is 6.26. The average molecular weight is 276 g/mol. The van der Waals surface area contributed by atoms with Crippen molar-refractivity contribution in [2.75, 3.05) is 5.73 Å². The van der Waals surface area contributed by atoms with Crippen molar-refractivity contribution in [2.45, 2.75) is 13.0 Å². The van der Waals surface area contributed by atoms with Gasteiger partial charge in [0, 0.05) is 10.6 Å². The van der Waals surface area contributed by atoms with E-state index in [0.29, 0.717) is 22.0 Å². The minimum absolute atomic E-state index is 0.111. The summed E-state index contributed by atoms with van der Waals surface area (Å²) >= 11 is 5.79. The van der Waals surface area contributed by atoms with Gasteiger partial charge in [0.25, 0.3) is 0 Å². The molecule has 0 amide bonds. The van der Waals surface area contributed by atoms with E-state index < -0.39 is 6.10 Å². The molecule has 1 atom stereocenters. The number of anilines is 1. The molecule has 0 saturated carbocycles. The summed E-state index contributed by atoms with van der Waals surface area (Å²) in [5.74, 6) is 0.400. The van der Waals surface area contributed by atoms with Crippen LogP contribution in [0.5, 0.6) is 5.75 Å². The number of nitrogens with two attached hydrogens (primary N) is 1. The average Bonchev–Trinajstić information content (AvgIpc) is 2.41. The lowest BCUT2D eigenvalue weighted by molar-refractivity contribution is 0.0819. The third kappa shape index (κ3) is 3.26. The molecule has 4 heteroatoms. The fraction of sp³-hybridized carbons (Fsp3) is 0.133. The van der Waals surface area contributed by atoms with Crippen LogP contribution in [0.15, 0.2) is 48.5 Å². The maximum Gasteiger partial charge on any atom is 0.202 e. The molecule has 0 radical (unpaired) electrons. The zero-order valence-corrected chi connectivity index (χ0v) is 11.2. The van der Waals surface area contributed by atoms with E-state index in [1.807, 2.05) is 12.1 Å². The van der Waals surface area contributed by atoms with Gasteiger partial charge in [0.1, 0.15) is 5.75 Å². The van der Waals surface area contributed by atoms with Gasteiger partial charge in [-0.2, -0.15) is 0 Å².